The van der Waals surface area contributed by atoms with Crippen LogP contribution in [0.3, 0.4) is 0 Å². The van der Waals surface area contributed by atoms with E-state index in [0.29, 0.717) is 12.1 Å². The van der Waals surface area contributed by atoms with Gasteiger partial charge in [0.1, 0.15) is 6.10 Å². The number of nitrogens with zero attached hydrogens (tertiary/aromatic N) is 1. The van der Waals surface area contributed by atoms with E-state index in [-0.39, 0.29) is 6.10 Å². The van der Waals surface area contributed by atoms with Gasteiger partial charge in [0.25, 0.3) is 0 Å². The van der Waals surface area contributed by atoms with E-state index in [1.807, 2.05) is 0 Å². The topological polar surface area (TPSA) is 47.6 Å². The molecule has 18 heavy (non-hydrogen) atoms. The van der Waals surface area contributed by atoms with Crippen molar-refractivity contribution in [3.63, 3.8) is 0 Å². The van der Waals surface area contributed by atoms with Gasteiger partial charge in [0.05, 0.1) is 6.04 Å². The molecule has 1 aromatic carbocycles. The zero-order valence-corrected chi connectivity index (χ0v) is 10.8. The summed E-state index contributed by atoms with van der Waals surface area (Å²) in [5.74, 6) is 0.897. The zero-order valence-electron chi connectivity index (χ0n) is 10.8. The second-order valence-corrected chi connectivity index (χ2v) is 5.42. The van der Waals surface area contributed by atoms with Crippen LogP contribution in [0.15, 0.2) is 29.3 Å². The largest absolute Gasteiger partial charge is 0.475 e. The van der Waals surface area contributed by atoms with Gasteiger partial charge in [-0.2, -0.15) is 0 Å². The number of hydrogen-bond donors (Lipinski definition) is 1. The van der Waals surface area contributed by atoms with Gasteiger partial charge >= 0.3 is 0 Å². The summed E-state index contributed by atoms with van der Waals surface area (Å²) in [5, 5.41) is 0. The minimum Gasteiger partial charge on any atom is -0.475 e. The van der Waals surface area contributed by atoms with Crippen LogP contribution < -0.4 is 5.73 Å². The summed E-state index contributed by atoms with van der Waals surface area (Å²) < 4.78 is 5.97. The van der Waals surface area contributed by atoms with E-state index in [0.717, 1.165) is 31.6 Å². The van der Waals surface area contributed by atoms with Gasteiger partial charge in [0.2, 0.25) is 0 Å². The predicted molar refractivity (Wildman–Crippen MR) is 72.8 cm³/mol. The third-order valence-electron chi connectivity index (χ3n) is 4.00. The lowest BCUT2D eigenvalue weighted by Gasteiger charge is -2.26. The number of aliphatic imine (C=N–C) groups is 1. The van der Waals surface area contributed by atoms with Gasteiger partial charge in [-0.15, -0.1) is 0 Å². The lowest BCUT2D eigenvalue weighted by Crippen LogP contribution is -2.37. The fourth-order valence-corrected chi connectivity index (χ4v) is 2.87. The highest BCUT2D eigenvalue weighted by Crippen LogP contribution is 2.29. The van der Waals surface area contributed by atoms with Crippen molar-refractivity contribution in [2.45, 2.75) is 50.8 Å². The summed E-state index contributed by atoms with van der Waals surface area (Å²) in [7, 11) is 0. The Kier molecular flexibility index (Phi) is 3.08. The number of hydrogen-bond acceptors (Lipinski definition) is 3. The maximum absolute atomic E-state index is 5.99. The number of benzene rings is 1. The van der Waals surface area contributed by atoms with Crippen molar-refractivity contribution in [2.75, 3.05) is 0 Å². The number of aryl methyl sites for hydroxylation is 1. The molecule has 1 aliphatic heterocycles. The Bertz CT molecular complexity index is 469. The summed E-state index contributed by atoms with van der Waals surface area (Å²) in [6, 6.07) is 9.02. The average molecular weight is 244 g/mol. The van der Waals surface area contributed by atoms with Gasteiger partial charge in [-0.25, -0.2) is 4.99 Å². The van der Waals surface area contributed by atoms with Crippen molar-refractivity contribution in [3.05, 3.63) is 35.4 Å². The van der Waals surface area contributed by atoms with Crippen LogP contribution >= 0.6 is 0 Å². The van der Waals surface area contributed by atoms with Gasteiger partial charge in [0, 0.05) is 12.5 Å². The monoisotopic (exact) mass is 244 g/mol. The van der Waals surface area contributed by atoms with Gasteiger partial charge < -0.3 is 10.5 Å². The summed E-state index contributed by atoms with van der Waals surface area (Å²) in [6.45, 7) is 2.13. The molecule has 0 spiro atoms. The van der Waals surface area contributed by atoms with Crippen LogP contribution in [-0.4, -0.2) is 24.1 Å². The van der Waals surface area contributed by atoms with Crippen LogP contribution in [0.4, 0.5) is 0 Å². The molecule has 3 rings (SSSR count). The van der Waals surface area contributed by atoms with Crippen molar-refractivity contribution >= 4 is 5.90 Å². The number of ether oxygens (including phenoxy) is 1. The molecule has 0 amide bonds. The molecule has 3 heteroatoms. The Labute approximate surface area is 108 Å². The highest BCUT2D eigenvalue weighted by atomic mass is 16.5. The maximum atomic E-state index is 5.99. The molecule has 2 aliphatic rings. The lowest BCUT2D eigenvalue weighted by molar-refractivity contribution is 0.142. The second-order valence-electron chi connectivity index (χ2n) is 5.42. The van der Waals surface area contributed by atoms with E-state index in [9.17, 15) is 0 Å². The third-order valence-corrected chi connectivity index (χ3v) is 4.00. The summed E-state index contributed by atoms with van der Waals surface area (Å²) in [4.78, 5) is 4.71. The SMILES string of the molecule is Cc1ccccc1CC1=NC2CC(N)CCC2O1. The fraction of sp³-hybridized carbons (Fsp3) is 0.533. The first-order chi connectivity index (χ1) is 8.72. The Morgan fingerprint density at radius 1 is 1.33 bits per heavy atom. The molecule has 3 unspecified atom stereocenters. The zero-order chi connectivity index (χ0) is 12.5. The molecule has 0 bridgehead atoms. The Hall–Kier alpha value is -1.35. The molecule has 0 saturated heterocycles. The molecule has 1 aliphatic carbocycles. The fourth-order valence-electron chi connectivity index (χ4n) is 2.87. The van der Waals surface area contributed by atoms with Gasteiger partial charge in [-0.1, -0.05) is 24.3 Å². The summed E-state index contributed by atoms with van der Waals surface area (Å²) in [6.07, 6.45) is 4.18. The Morgan fingerprint density at radius 2 is 2.17 bits per heavy atom. The number of nitrogens with two attached hydrogens (primary N) is 1. The standard InChI is InChI=1S/C15H20N2O/c1-10-4-2-3-5-11(10)8-15-17-13-9-12(16)6-7-14(13)18-15/h2-5,12-14H,6-9,16H2,1H3. The first-order valence-electron chi connectivity index (χ1n) is 6.76. The molecule has 2 N–H and O–H groups in total. The van der Waals surface area contributed by atoms with Crippen LogP contribution in [0.5, 0.6) is 0 Å². The second kappa shape index (κ2) is 4.73. The minimum absolute atomic E-state index is 0.281. The quantitative estimate of drug-likeness (QED) is 0.867. The molecule has 3 atom stereocenters. The third kappa shape index (κ3) is 2.27. The van der Waals surface area contributed by atoms with Gasteiger partial charge in [0.15, 0.2) is 5.90 Å². The van der Waals surface area contributed by atoms with Crippen LogP contribution in [0.2, 0.25) is 0 Å². The van der Waals surface area contributed by atoms with Crippen LogP contribution in [0, 0.1) is 6.92 Å². The lowest BCUT2D eigenvalue weighted by atomic mass is 9.90. The number of rotatable bonds is 2. The molecule has 0 radical (unpaired) electrons. The molecule has 96 valence electrons. The average Bonchev–Trinajstić information content (AvgIpc) is 2.73. The number of fused-ring (bicyclic) bond motifs is 1. The van der Waals surface area contributed by atoms with Gasteiger partial charge in [-0.05, 0) is 37.3 Å². The highest BCUT2D eigenvalue weighted by Gasteiger charge is 2.35. The molecule has 0 aromatic heterocycles. The molecular weight excluding hydrogens is 224 g/mol. The van der Waals surface area contributed by atoms with E-state index < -0.39 is 0 Å². The Morgan fingerprint density at radius 3 is 3.00 bits per heavy atom. The molecule has 1 saturated carbocycles. The Balaban J connectivity index is 1.72. The first kappa shape index (κ1) is 11.7. The van der Waals surface area contributed by atoms with Crippen LogP contribution in [0.1, 0.15) is 30.4 Å². The van der Waals surface area contributed by atoms with Crippen molar-refractivity contribution in [2.24, 2.45) is 10.7 Å². The first-order valence-corrected chi connectivity index (χ1v) is 6.76. The van der Waals surface area contributed by atoms with Crippen LogP contribution in [0.25, 0.3) is 0 Å². The molecule has 3 nitrogen and oxygen atoms in total. The van der Waals surface area contributed by atoms with E-state index in [4.69, 9.17) is 15.5 Å². The predicted octanol–water partition coefficient (Wildman–Crippen LogP) is 2.21. The van der Waals surface area contributed by atoms with Crippen molar-refractivity contribution in [1.29, 1.82) is 0 Å². The molecule has 1 aromatic rings. The smallest absolute Gasteiger partial charge is 0.188 e. The van der Waals surface area contributed by atoms with E-state index in [1.165, 1.54) is 11.1 Å². The summed E-state index contributed by atoms with van der Waals surface area (Å²) in [5.41, 5.74) is 8.59. The van der Waals surface area contributed by atoms with E-state index in [1.54, 1.807) is 0 Å². The van der Waals surface area contributed by atoms with Crippen LogP contribution in [-0.2, 0) is 11.2 Å². The molecule has 1 heterocycles. The van der Waals surface area contributed by atoms with Crippen molar-refractivity contribution in [1.82, 2.24) is 0 Å². The molecular formula is C15H20N2O. The van der Waals surface area contributed by atoms with E-state index in [2.05, 4.69) is 31.2 Å². The van der Waals surface area contributed by atoms with E-state index >= 15 is 0 Å². The van der Waals surface area contributed by atoms with Gasteiger partial charge in [-0.3, -0.25) is 0 Å². The van der Waals surface area contributed by atoms with Crippen molar-refractivity contribution in [3.8, 4) is 0 Å². The normalized spacial score (nSPS) is 30.6. The highest BCUT2D eigenvalue weighted by molar-refractivity contribution is 5.81. The van der Waals surface area contributed by atoms with Crippen molar-refractivity contribution < 1.29 is 4.74 Å². The minimum atomic E-state index is 0.281. The maximum Gasteiger partial charge on any atom is 0.188 e. The molecule has 1 fully saturated rings. The summed E-state index contributed by atoms with van der Waals surface area (Å²) >= 11 is 0.